The van der Waals surface area contributed by atoms with Gasteiger partial charge in [-0.2, -0.15) is 0 Å². The predicted molar refractivity (Wildman–Crippen MR) is 70.4 cm³/mol. The lowest BCUT2D eigenvalue weighted by Gasteiger charge is -2.35. The maximum absolute atomic E-state index is 5.34. The number of hydrogen-bond donors (Lipinski definition) is 2. The molecular weight excluding hydrogens is 232 g/mol. The summed E-state index contributed by atoms with van der Waals surface area (Å²) in [6, 6.07) is 1.87. The van der Waals surface area contributed by atoms with Crippen molar-refractivity contribution in [3.05, 3.63) is 12.4 Å². The molecule has 0 unspecified atom stereocenters. The van der Waals surface area contributed by atoms with Crippen molar-refractivity contribution in [3.8, 4) is 0 Å². The van der Waals surface area contributed by atoms with Gasteiger partial charge in [0, 0.05) is 45.9 Å². The van der Waals surface area contributed by atoms with Gasteiger partial charge in [-0.1, -0.05) is 0 Å². The van der Waals surface area contributed by atoms with E-state index in [9.17, 15) is 0 Å². The second-order valence-corrected chi connectivity index (χ2v) is 4.23. The van der Waals surface area contributed by atoms with E-state index in [4.69, 9.17) is 10.6 Å². The predicted octanol–water partition coefficient (Wildman–Crippen LogP) is -0.469. The van der Waals surface area contributed by atoms with Crippen LogP contribution in [0.1, 0.15) is 0 Å². The molecule has 0 bridgehead atoms. The van der Waals surface area contributed by atoms with Crippen molar-refractivity contribution in [2.45, 2.75) is 0 Å². The van der Waals surface area contributed by atoms with Crippen molar-refractivity contribution in [3.63, 3.8) is 0 Å². The summed E-state index contributed by atoms with van der Waals surface area (Å²) in [7, 11) is 1.73. The van der Waals surface area contributed by atoms with Crippen molar-refractivity contribution in [2.24, 2.45) is 5.84 Å². The first kappa shape index (κ1) is 13.0. The molecule has 0 spiro atoms. The third kappa shape index (κ3) is 3.28. The van der Waals surface area contributed by atoms with Gasteiger partial charge in [0.25, 0.3) is 0 Å². The third-order valence-corrected chi connectivity index (χ3v) is 3.11. The Morgan fingerprint density at radius 2 is 2.11 bits per heavy atom. The van der Waals surface area contributed by atoms with Crippen molar-refractivity contribution in [1.82, 2.24) is 14.9 Å². The summed E-state index contributed by atoms with van der Waals surface area (Å²) < 4.78 is 5.09. The lowest BCUT2D eigenvalue weighted by Crippen LogP contribution is -2.47. The van der Waals surface area contributed by atoms with Gasteiger partial charge in [0.1, 0.15) is 18.0 Å². The van der Waals surface area contributed by atoms with Crippen LogP contribution in [0.5, 0.6) is 0 Å². The molecule has 2 heterocycles. The largest absolute Gasteiger partial charge is 0.383 e. The van der Waals surface area contributed by atoms with Crippen LogP contribution in [0.3, 0.4) is 0 Å². The summed E-state index contributed by atoms with van der Waals surface area (Å²) in [5.74, 6) is 6.91. The molecule has 0 atom stereocenters. The van der Waals surface area contributed by atoms with Crippen molar-refractivity contribution in [2.75, 3.05) is 56.8 Å². The molecule has 0 radical (unpaired) electrons. The number of hydrazine groups is 1. The van der Waals surface area contributed by atoms with Crippen molar-refractivity contribution in [1.29, 1.82) is 0 Å². The number of nitrogens with zero attached hydrogens (tertiary/aromatic N) is 4. The number of rotatable bonds is 5. The zero-order valence-electron chi connectivity index (χ0n) is 10.7. The number of ether oxygens (including phenoxy) is 1. The standard InChI is InChI=1S/C11H20N6O/c1-18-7-6-16-2-4-17(5-3-16)11-8-10(15-12)13-9-14-11/h8-9H,2-7,12H2,1H3,(H,13,14,15). The quantitative estimate of drug-likeness (QED) is 0.542. The molecule has 7 heteroatoms. The van der Waals surface area contributed by atoms with E-state index in [1.807, 2.05) is 6.07 Å². The minimum atomic E-state index is 0.641. The van der Waals surface area contributed by atoms with Gasteiger partial charge in [0.15, 0.2) is 0 Å². The number of nitrogen functional groups attached to an aromatic ring is 1. The molecule has 0 amide bonds. The Balaban J connectivity index is 1.88. The molecule has 1 aliphatic rings. The number of nitrogens with two attached hydrogens (primary N) is 1. The van der Waals surface area contributed by atoms with E-state index in [2.05, 4.69) is 25.2 Å². The summed E-state index contributed by atoms with van der Waals surface area (Å²) in [5, 5.41) is 0. The monoisotopic (exact) mass is 252 g/mol. The lowest BCUT2D eigenvalue weighted by atomic mass is 10.3. The highest BCUT2D eigenvalue weighted by atomic mass is 16.5. The summed E-state index contributed by atoms with van der Waals surface area (Å²) in [6.45, 7) is 5.76. The third-order valence-electron chi connectivity index (χ3n) is 3.11. The Kier molecular flexibility index (Phi) is 4.68. The number of anilines is 2. The molecular formula is C11H20N6O. The zero-order chi connectivity index (χ0) is 12.8. The maximum Gasteiger partial charge on any atom is 0.145 e. The van der Waals surface area contributed by atoms with Gasteiger partial charge in [-0.3, -0.25) is 4.90 Å². The summed E-state index contributed by atoms with van der Waals surface area (Å²) in [4.78, 5) is 12.9. The fraction of sp³-hybridized carbons (Fsp3) is 0.636. The summed E-state index contributed by atoms with van der Waals surface area (Å²) in [5.41, 5.74) is 2.54. The lowest BCUT2D eigenvalue weighted by molar-refractivity contribution is 0.144. The van der Waals surface area contributed by atoms with Gasteiger partial charge in [-0.15, -0.1) is 0 Å². The number of aromatic nitrogens is 2. The van der Waals surface area contributed by atoms with Crippen molar-refractivity contribution < 1.29 is 4.74 Å². The topological polar surface area (TPSA) is 79.5 Å². The van der Waals surface area contributed by atoms with Crippen LogP contribution in [-0.4, -0.2) is 61.3 Å². The van der Waals surface area contributed by atoms with E-state index in [1.54, 1.807) is 7.11 Å². The molecule has 1 aromatic rings. The molecule has 1 aliphatic heterocycles. The zero-order valence-corrected chi connectivity index (χ0v) is 10.7. The van der Waals surface area contributed by atoms with Gasteiger partial charge >= 0.3 is 0 Å². The molecule has 0 aliphatic carbocycles. The van der Waals surface area contributed by atoms with E-state index < -0.39 is 0 Å². The smallest absolute Gasteiger partial charge is 0.145 e. The van der Waals surface area contributed by atoms with E-state index in [0.29, 0.717) is 5.82 Å². The van der Waals surface area contributed by atoms with Crippen LogP contribution >= 0.6 is 0 Å². The Hall–Kier alpha value is -1.44. The molecule has 18 heavy (non-hydrogen) atoms. The van der Waals surface area contributed by atoms with Gasteiger partial charge in [0.2, 0.25) is 0 Å². The molecule has 1 fully saturated rings. The number of methoxy groups -OCH3 is 1. The minimum absolute atomic E-state index is 0.641. The van der Waals surface area contributed by atoms with Gasteiger partial charge < -0.3 is 15.1 Å². The summed E-state index contributed by atoms with van der Waals surface area (Å²) >= 11 is 0. The first-order chi connectivity index (χ1) is 8.83. The van der Waals surface area contributed by atoms with Crippen LogP contribution in [0.25, 0.3) is 0 Å². The number of piperazine rings is 1. The molecule has 100 valence electrons. The van der Waals surface area contributed by atoms with Gasteiger partial charge in [-0.05, 0) is 0 Å². The normalized spacial score (nSPS) is 16.9. The molecule has 7 nitrogen and oxygen atoms in total. The van der Waals surface area contributed by atoms with Gasteiger partial charge in [0.05, 0.1) is 6.61 Å². The van der Waals surface area contributed by atoms with Crippen LogP contribution in [0.4, 0.5) is 11.6 Å². The van der Waals surface area contributed by atoms with Crippen LogP contribution in [0.2, 0.25) is 0 Å². The van der Waals surface area contributed by atoms with E-state index in [0.717, 1.165) is 45.1 Å². The fourth-order valence-electron chi connectivity index (χ4n) is 2.02. The Labute approximate surface area is 107 Å². The number of nitrogens with one attached hydrogen (secondary N) is 1. The average Bonchev–Trinajstić information content (AvgIpc) is 2.46. The molecule has 0 saturated carbocycles. The van der Waals surface area contributed by atoms with Crippen LogP contribution in [-0.2, 0) is 4.74 Å². The first-order valence-electron chi connectivity index (χ1n) is 6.08. The van der Waals surface area contributed by atoms with E-state index in [1.165, 1.54) is 6.33 Å². The molecule has 1 aromatic heterocycles. The van der Waals surface area contributed by atoms with Crippen molar-refractivity contribution >= 4 is 11.6 Å². The highest BCUT2D eigenvalue weighted by Crippen LogP contribution is 2.15. The second-order valence-electron chi connectivity index (χ2n) is 4.23. The Bertz CT molecular complexity index is 366. The highest BCUT2D eigenvalue weighted by Gasteiger charge is 2.17. The Morgan fingerprint density at radius 3 is 2.78 bits per heavy atom. The fourth-order valence-corrected chi connectivity index (χ4v) is 2.02. The first-order valence-corrected chi connectivity index (χ1v) is 6.08. The molecule has 1 saturated heterocycles. The van der Waals surface area contributed by atoms with E-state index >= 15 is 0 Å². The second kappa shape index (κ2) is 6.48. The molecule has 2 rings (SSSR count). The Morgan fingerprint density at radius 1 is 1.33 bits per heavy atom. The molecule has 0 aromatic carbocycles. The molecule has 3 N–H and O–H groups in total. The number of hydrogen-bond acceptors (Lipinski definition) is 7. The highest BCUT2D eigenvalue weighted by molar-refractivity contribution is 5.48. The van der Waals surface area contributed by atoms with Gasteiger partial charge in [-0.25, -0.2) is 15.8 Å². The van der Waals surface area contributed by atoms with Crippen LogP contribution < -0.4 is 16.2 Å². The van der Waals surface area contributed by atoms with E-state index in [-0.39, 0.29) is 0 Å². The maximum atomic E-state index is 5.34. The van der Waals surface area contributed by atoms with Crippen LogP contribution in [0.15, 0.2) is 12.4 Å². The van der Waals surface area contributed by atoms with Crippen LogP contribution in [0, 0.1) is 0 Å². The summed E-state index contributed by atoms with van der Waals surface area (Å²) in [6.07, 6.45) is 1.53. The average molecular weight is 252 g/mol. The SMILES string of the molecule is COCCN1CCN(c2cc(NN)ncn2)CC1. The minimum Gasteiger partial charge on any atom is -0.383 e.